The number of para-hydroxylation sites is 1. The van der Waals surface area contributed by atoms with Gasteiger partial charge < -0.3 is 10.6 Å². The maximum Gasteiger partial charge on any atom is 0.277 e. The lowest BCUT2D eigenvalue weighted by molar-refractivity contribution is 0.0954. The molecule has 0 saturated heterocycles. The summed E-state index contributed by atoms with van der Waals surface area (Å²) in [5, 5.41) is 13.5. The number of nitrogens with one attached hydrogen (secondary N) is 2. The zero-order valence-electron chi connectivity index (χ0n) is 15.1. The molecule has 7 nitrogen and oxygen atoms in total. The van der Waals surface area contributed by atoms with Crippen LogP contribution in [0.25, 0.3) is 0 Å². The highest BCUT2D eigenvalue weighted by atomic mass is 16.2. The van der Waals surface area contributed by atoms with Crippen LogP contribution < -0.4 is 10.6 Å². The van der Waals surface area contributed by atoms with Crippen molar-refractivity contribution in [2.75, 3.05) is 11.9 Å². The van der Waals surface area contributed by atoms with E-state index in [1.54, 1.807) is 35.1 Å². The monoisotopic (exact) mass is 363 g/mol. The Balaban J connectivity index is 1.70. The van der Waals surface area contributed by atoms with Gasteiger partial charge in [0.1, 0.15) is 0 Å². The summed E-state index contributed by atoms with van der Waals surface area (Å²) >= 11 is 0. The van der Waals surface area contributed by atoms with E-state index in [9.17, 15) is 9.59 Å². The average molecular weight is 363 g/mol. The Kier molecular flexibility index (Phi) is 5.94. The molecule has 0 atom stereocenters. The fourth-order valence-corrected chi connectivity index (χ4v) is 2.56. The summed E-state index contributed by atoms with van der Waals surface area (Å²) in [5.74, 6) is -0.634. The van der Waals surface area contributed by atoms with Gasteiger partial charge in [-0.1, -0.05) is 54.6 Å². The first-order valence-electron chi connectivity index (χ1n) is 8.80. The second-order valence-electron chi connectivity index (χ2n) is 6.04. The van der Waals surface area contributed by atoms with Gasteiger partial charge in [0.2, 0.25) is 0 Å². The molecule has 138 valence electrons. The lowest BCUT2D eigenvalue weighted by Gasteiger charge is -2.10. The number of carbonyl (C=O) groups is 2. The molecule has 0 saturated carbocycles. The molecule has 7 heteroatoms. The molecule has 3 aromatic rings. The van der Waals surface area contributed by atoms with Gasteiger partial charge in [-0.25, -0.2) is 4.68 Å². The quantitative estimate of drug-likeness (QED) is 0.675. The molecule has 0 radical (unpaired) electrons. The average Bonchev–Trinajstić information content (AvgIpc) is 3.16. The molecule has 2 amide bonds. The smallest absolute Gasteiger partial charge is 0.277 e. The number of carbonyl (C=O) groups excluding carboxylic acids is 2. The van der Waals surface area contributed by atoms with Crippen LogP contribution in [0.3, 0.4) is 0 Å². The van der Waals surface area contributed by atoms with E-state index in [0.717, 1.165) is 12.0 Å². The molecule has 2 N–H and O–H groups in total. The summed E-state index contributed by atoms with van der Waals surface area (Å²) in [6.07, 6.45) is 2.42. The predicted octanol–water partition coefficient (Wildman–Crippen LogP) is 2.72. The van der Waals surface area contributed by atoms with Crippen LogP contribution in [0.2, 0.25) is 0 Å². The summed E-state index contributed by atoms with van der Waals surface area (Å²) < 4.78 is 1.60. The van der Waals surface area contributed by atoms with Crippen molar-refractivity contribution in [1.82, 2.24) is 20.3 Å². The summed E-state index contributed by atoms with van der Waals surface area (Å²) in [6.45, 7) is 3.08. The number of hydrogen-bond donors (Lipinski definition) is 2. The molecule has 0 aliphatic carbocycles. The van der Waals surface area contributed by atoms with Gasteiger partial charge in [-0.15, -0.1) is 5.10 Å². The van der Waals surface area contributed by atoms with Crippen molar-refractivity contribution < 1.29 is 9.59 Å². The first kappa shape index (κ1) is 18.3. The van der Waals surface area contributed by atoms with Gasteiger partial charge >= 0.3 is 0 Å². The van der Waals surface area contributed by atoms with Crippen molar-refractivity contribution in [3.63, 3.8) is 0 Å². The molecular formula is C20H21N5O2. The number of hydrogen-bond acceptors (Lipinski definition) is 4. The third-order valence-electron chi connectivity index (χ3n) is 3.91. The normalized spacial score (nSPS) is 10.4. The summed E-state index contributed by atoms with van der Waals surface area (Å²) in [4.78, 5) is 24.8. The predicted molar refractivity (Wildman–Crippen MR) is 103 cm³/mol. The molecule has 1 heterocycles. The minimum atomic E-state index is -0.412. The molecule has 2 aromatic carbocycles. The number of amides is 2. The zero-order valence-corrected chi connectivity index (χ0v) is 15.1. The van der Waals surface area contributed by atoms with Crippen LogP contribution in [0.1, 0.15) is 39.8 Å². The maximum absolute atomic E-state index is 12.5. The van der Waals surface area contributed by atoms with E-state index < -0.39 is 5.91 Å². The summed E-state index contributed by atoms with van der Waals surface area (Å²) in [7, 11) is 0. The number of aromatic nitrogens is 3. The SMILES string of the molecule is CCCNC(=O)c1ccccc1NC(=O)c1cn(Cc2ccccc2)nn1. The second-order valence-corrected chi connectivity index (χ2v) is 6.04. The Labute approximate surface area is 157 Å². The van der Waals surface area contributed by atoms with E-state index in [4.69, 9.17) is 0 Å². The van der Waals surface area contributed by atoms with Crippen molar-refractivity contribution in [1.29, 1.82) is 0 Å². The molecule has 27 heavy (non-hydrogen) atoms. The fraction of sp³-hybridized carbons (Fsp3) is 0.200. The second kappa shape index (κ2) is 8.75. The van der Waals surface area contributed by atoms with Gasteiger partial charge in [-0.05, 0) is 24.1 Å². The molecule has 0 aliphatic heterocycles. The maximum atomic E-state index is 12.5. The van der Waals surface area contributed by atoms with Gasteiger partial charge in [-0.2, -0.15) is 0 Å². The van der Waals surface area contributed by atoms with Gasteiger partial charge in [0.25, 0.3) is 11.8 Å². The van der Waals surface area contributed by atoms with E-state index in [0.29, 0.717) is 24.3 Å². The summed E-state index contributed by atoms with van der Waals surface area (Å²) in [5.41, 5.74) is 2.10. The van der Waals surface area contributed by atoms with Crippen LogP contribution in [0.5, 0.6) is 0 Å². The van der Waals surface area contributed by atoms with E-state index in [2.05, 4.69) is 20.9 Å². The highest BCUT2D eigenvalue weighted by Gasteiger charge is 2.16. The van der Waals surface area contributed by atoms with Crippen molar-refractivity contribution in [3.8, 4) is 0 Å². The molecule has 3 rings (SSSR count). The zero-order chi connectivity index (χ0) is 19.1. The van der Waals surface area contributed by atoms with E-state index in [1.807, 2.05) is 37.3 Å². The highest BCUT2D eigenvalue weighted by Crippen LogP contribution is 2.16. The Morgan fingerprint density at radius 3 is 2.52 bits per heavy atom. The summed E-state index contributed by atoms with van der Waals surface area (Å²) in [6, 6.07) is 16.7. The Morgan fingerprint density at radius 2 is 1.74 bits per heavy atom. The number of nitrogens with zero attached hydrogens (tertiary/aromatic N) is 3. The third kappa shape index (κ3) is 4.78. The number of anilines is 1. The molecule has 0 bridgehead atoms. The number of benzene rings is 2. The Bertz CT molecular complexity index is 921. The van der Waals surface area contributed by atoms with Crippen LogP contribution in [-0.2, 0) is 6.54 Å². The molecule has 1 aromatic heterocycles. The first-order valence-corrected chi connectivity index (χ1v) is 8.80. The van der Waals surface area contributed by atoms with Crippen molar-refractivity contribution in [3.05, 3.63) is 77.6 Å². The molecular weight excluding hydrogens is 342 g/mol. The standard InChI is InChI=1S/C20H21N5O2/c1-2-12-21-19(26)16-10-6-7-11-17(16)22-20(27)18-14-25(24-23-18)13-15-8-4-3-5-9-15/h3-11,14H,2,12-13H2,1H3,(H,21,26)(H,22,27). The van der Waals surface area contributed by atoms with Crippen molar-refractivity contribution in [2.45, 2.75) is 19.9 Å². The number of rotatable bonds is 7. The van der Waals surface area contributed by atoms with E-state index in [-0.39, 0.29) is 11.6 Å². The van der Waals surface area contributed by atoms with Gasteiger partial charge in [0, 0.05) is 6.54 Å². The lowest BCUT2D eigenvalue weighted by Crippen LogP contribution is -2.25. The largest absolute Gasteiger partial charge is 0.352 e. The van der Waals surface area contributed by atoms with Crippen molar-refractivity contribution in [2.24, 2.45) is 0 Å². The minimum Gasteiger partial charge on any atom is -0.352 e. The molecule has 0 fully saturated rings. The Morgan fingerprint density at radius 1 is 1.00 bits per heavy atom. The molecule has 0 aliphatic rings. The highest BCUT2D eigenvalue weighted by molar-refractivity contribution is 6.08. The van der Waals surface area contributed by atoms with Crippen LogP contribution in [-0.4, -0.2) is 33.4 Å². The van der Waals surface area contributed by atoms with Crippen LogP contribution in [0, 0.1) is 0 Å². The van der Waals surface area contributed by atoms with Gasteiger partial charge in [-0.3, -0.25) is 9.59 Å². The van der Waals surface area contributed by atoms with Crippen molar-refractivity contribution >= 4 is 17.5 Å². The van der Waals surface area contributed by atoms with Crippen LogP contribution in [0.15, 0.2) is 60.8 Å². The fourth-order valence-electron chi connectivity index (χ4n) is 2.56. The molecule has 0 spiro atoms. The topological polar surface area (TPSA) is 88.9 Å². The van der Waals surface area contributed by atoms with Crippen LogP contribution >= 0.6 is 0 Å². The third-order valence-corrected chi connectivity index (χ3v) is 3.91. The Hall–Kier alpha value is -3.48. The lowest BCUT2D eigenvalue weighted by atomic mass is 10.1. The minimum absolute atomic E-state index is 0.190. The first-order chi connectivity index (χ1) is 13.2. The van der Waals surface area contributed by atoms with E-state index >= 15 is 0 Å². The molecule has 0 unspecified atom stereocenters. The van der Waals surface area contributed by atoms with Gasteiger partial charge in [0.15, 0.2) is 5.69 Å². The van der Waals surface area contributed by atoms with E-state index in [1.165, 1.54) is 0 Å². The van der Waals surface area contributed by atoms with Gasteiger partial charge in [0.05, 0.1) is 24.0 Å². The van der Waals surface area contributed by atoms with Crippen LogP contribution in [0.4, 0.5) is 5.69 Å².